The van der Waals surface area contributed by atoms with Crippen LogP contribution in [0, 0.1) is 17.8 Å². The van der Waals surface area contributed by atoms with Crippen molar-refractivity contribution in [3.05, 3.63) is 0 Å². The van der Waals surface area contributed by atoms with Crippen molar-refractivity contribution in [2.24, 2.45) is 17.8 Å². The number of rotatable bonds is 52. The third-order valence-electron chi connectivity index (χ3n) is 12.6. The molecule has 0 saturated heterocycles. The van der Waals surface area contributed by atoms with E-state index in [1.807, 2.05) is 6.92 Å². The van der Waals surface area contributed by atoms with Crippen LogP contribution in [0.2, 0.25) is 0 Å². The van der Waals surface area contributed by atoms with E-state index >= 15 is 0 Å². The largest absolute Gasteiger partial charge is 0.481 e. The molecule has 0 aliphatic rings. The van der Waals surface area contributed by atoms with Gasteiger partial charge in [-0.3, -0.25) is 43.2 Å². The molecule has 8 N–H and O–H groups in total. The highest BCUT2D eigenvalue weighted by atomic mass is 16.5. The van der Waals surface area contributed by atoms with Crippen molar-refractivity contribution in [2.45, 2.75) is 206 Å². The van der Waals surface area contributed by atoms with Gasteiger partial charge in [0.15, 0.2) is 11.6 Å². The molecule has 0 heterocycles. The van der Waals surface area contributed by atoms with E-state index in [0.717, 1.165) is 44.9 Å². The average Bonchev–Trinajstić information content (AvgIpc) is 3.33. The number of hydrogen-bond acceptors (Lipinski definition) is 13. The minimum atomic E-state index is -1.40. The van der Waals surface area contributed by atoms with Crippen molar-refractivity contribution in [3.63, 3.8) is 0 Å². The molecular formula is C52H89N3O17. The number of unbranched alkanes of at least 4 members (excludes halogenated alkanes) is 16. The molecule has 0 saturated carbocycles. The summed E-state index contributed by atoms with van der Waals surface area (Å²) >= 11 is 0. The van der Waals surface area contributed by atoms with Crippen molar-refractivity contribution < 1.29 is 83.0 Å². The van der Waals surface area contributed by atoms with Crippen LogP contribution in [0.1, 0.15) is 200 Å². The number of carbonyl (C=O) groups is 10. The van der Waals surface area contributed by atoms with Gasteiger partial charge in [0.2, 0.25) is 17.7 Å². The average molecular weight is 1030 g/mol. The van der Waals surface area contributed by atoms with Gasteiger partial charge in [0.25, 0.3) is 0 Å². The summed E-state index contributed by atoms with van der Waals surface area (Å²) in [7, 11) is 0. The summed E-state index contributed by atoms with van der Waals surface area (Å²) in [5, 5.41) is 54.1. The minimum absolute atomic E-state index is 0.0142. The molecule has 4 atom stereocenters. The van der Waals surface area contributed by atoms with E-state index in [1.165, 1.54) is 57.8 Å². The van der Waals surface area contributed by atoms with Crippen molar-refractivity contribution >= 4 is 58.9 Å². The number of carboxylic acids is 4. The lowest BCUT2D eigenvalue weighted by atomic mass is 9.94. The Kier molecular flexibility index (Phi) is 41.8. The van der Waals surface area contributed by atoms with Gasteiger partial charge in [-0.15, -0.1) is 0 Å². The molecule has 20 nitrogen and oxygen atoms in total. The van der Waals surface area contributed by atoms with Crippen molar-refractivity contribution in [2.75, 3.05) is 46.1 Å². The Morgan fingerprint density at radius 2 is 0.889 bits per heavy atom. The number of amides is 3. The molecule has 0 aromatic carbocycles. The van der Waals surface area contributed by atoms with E-state index in [1.54, 1.807) is 0 Å². The van der Waals surface area contributed by atoms with Crippen LogP contribution in [-0.4, -0.2) is 137 Å². The van der Waals surface area contributed by atoms with Gasteiger partial charge in [-0.1, -0.05) is 103 Å². The van der Waals surface area contributed by atoms with E-state index in [4.69, 9.17) is 19.7 Å². The minimum Gasteiger partial charge on any atom is -0.481 e. The summed E-state index contributed by atoms with van der Waals surface area (Å²) in [4.78, 5) is 119. The summed E-state index contributed by atoms with van der Waals surface area (Å²) in [6.07, 6.45) is 19.1. The molecule has 0 bridgehead atoms. The molecular weight excluding hydrogens is 939 g/mol. The van der Waals surface area contributed by atoms with Crippen LogP contribution in [0.4, 0.5) is 0 Å². The summed E-state index contributed by atoms with van der Waals surface area (Å²) in [5.41, 5.74) is 0. The van der Waals surface area contributed by atoms with Gasteiger partial charge in [0.05, 0.1) is 31.7 Å². The van der Waals surface area contributed by atoms with E-state index < -0.39 is 79.0 Å². The van der Waals surface area contributed by atoms with Crippen LogP contribution >= 0.6 is 0 Å². The number of hydrogen-bond donors (Lipinski definition) is 8. The Morgan fingerprint density at radius 3 is 1.38 bits per heavy atom. The number of ketones is 3. The number of aliphatic carboxylic acids is 4. The van der Waals surface area contributed by atoms with Crippen LogP contribution < -0.4 is 16.0 Å². The number of nitrogens with one attached hydrogen (secondary N) is 3. The first-order valence-electron chi connectivity index (χ1n) is 26.6. The highest BCUT2D eigenvalue weighted by molar-refractivity contribution is 5.87. The van der Waals surface area contributed by atoms with E-state index in [2.05, 4.69) is 16.0 Å². The first-order chi connectivity index (χ1) is 34.5. The summed E-state index contributed by atoms with van der Waals surface area (Å²) < 4.78 is 10.7. The van der Waals surface area contributed by atoms with Gasteiger partial charge in [0.1, 0.15) is 25.0 Å². The Bertz CT molecular complexity index is 1590. The smallest absolute Gasteiger partial charge is 0.326 e. The molecule has 0 spiro atoms. The second-order valence-corrected chi connectivity index (χ2v) is 18.8. The molecule has 0 aromatic heterocycles. The lowest BCUT2D eigenvalue weighted by Gasteiger charge is -2.16. The second kappa shape index (κ2) is 44.8. The van der Waals surface area contributed by atoms with Gasteiger partial charge in [-0.2, -0.15) is 0 Å². The fourth-order valence-electron chi connectivity index (χ4n) is 8.13. The summed E-state index contributed by atoms with van der Waals surface area (Å²) in [5.74, 6) is -9.39. The lowest BCUT2D eigenvalue weighted by Crippen LogP contribution is -2.42. The SMILES string of the molecule is CC[C@@H](CCCCNC(=O)CC[C@H](NC(=O)CC[C@H](CC(=O)COCCOCCNC(=O)CC[C@H](CC(=O)CCCCCCCCCCCCCCCCCCC(=O)O)C(=O)O)C(=O)O)C(=O)O)C(=O)CO. The summed E-state index contributed by atoms with van der Waals surface area (Å²) in [6.45, 7) is 1.51. The molecule has 0 fully saturated rings. The maximum atomic E-state index is 12.5. The van der Waals surface area contributed by atoms with Crippen LogP contribution in [0.3, 0.4) is 0 Å². The van der Waals surface area contributed by atoms with Crippen LogP contribution in [0.5, 0.6) is 0 Å². The molecule has 0 aliphatic carbocycles. The topological polar surface area (TPSA) is 326 Å². The molecule has 0 aliphatic heterocycles. The van der Waals surface area contributed by atoms with Crippen LogP contribution in [0.25, 0.3) is 0 Å². The predicted molar refractivity (Wildman–Crippen MR) is 267 cm³/mol. The fraction of sp³-hybridized carbons (Fsp3) is 0.808. The maximum absolute atomic E-state index is 12.5. The van der Waals surface area contributed by atoms with Gasteiger partial charge >= 0.3 is 23.9 Å². The maximum Gasteiger partial charge on any atom is 0.326 e. The predicted octanol–water partition coefficient (Wildman–Crippen LogP) is 6.35. The van der Waals surface area contributed by atoms with Gasteiger partial charge in [0, 0.05) is 64.0 Å². The van der Waals surface area contributed by atoms with Gasteiger partial charge in [-0.05, 0) is 51.4 Å². The van der Waals surface area contributed by atoms with E-state index in [-0.39, 0.29) is 101 Å². The number of ether oxygens (including phenoxy) is 2. The van der Waals surface area contributed by atoms with Crippen molar-refractivity contribution in [1.82, 2.24) is 16.0 Å². The highest BCUT2D eigenvalue weighted by Gasteiger charge is 2.26. The zero-order chi connectivity index (χ0) is 53.8. The zero-order valence-corrected chi connectivity index (χ0v) is 43.1. The Hall–Kier alpha value is -4.82. The third kappa shape index (κ3) is 39.8. The first-order valence-corrected chi connectivity index (χ1v) is 26.6. The molecule has 0 radical (unpaired) electrons. The highest BCUT2D eigenvalue weighted by Crippen LogP contribution is 2.18. The molecule has 3 amide bonds. The Balaban J connectivity index is 4.11. The number of aliphatic hydroxyl groups excluding tert-OH is 1. The molecule has 0 unspecified atom stereocenters. The molecule has 72 heavy (non-hydrogen) atoms. The van der Waals surface area contributed by atoms with Crippen molar-refractivity contribution in [1.29, 1.82) is 0 Å². The van der Waals surface area contributed by atoms with Gasteiger partial charge < -0.3 is 51.0 Å². The monoisotopic (exact) mass is 1030 g/mol. The first kappa shape index (κ1) is 67.2. The van der Waals surface area contributed by atoms with Crippen molar-refractivity contribution in [3.8, 4) is 0 Å². The molecule has 0 rings (SSSR count). The Morgan fingerprint density at radius 1 is 0.431 bits per heavy atom. The number of carboxylic acid groups (broad SMARTS) is 4. The molecule has 20 heteroatoms. The Labute approximate surface area is 426 Å². The molecule has 0 aromatic rings. The standard InChI is InChI=1S/C52H89N3O17/c1-2-39(45(59)37-56)21-19-20-30-53-47(61)29-26-44(52(69)70)55-48(62)28-25-41(51(67)68)36-43(58)38-72-34-33-71-32-31-54-46(60)27-24-40(50(65)66)35-42(57)22-17-15-13-11-9-7-5-3-4-6-8-10-12-14-16-18-23-49(63)64/h39-41,44,56H,2-38H2,1H3,(H,53,61)(H,54,60)(H,55,62)(H,63,64)(H,65,66)(H,67,68)(H,69,70)/t39-,40+,41+,44-/m0/s1. The van der Waals surface area contributed by atoms with E-state index in [9.17, 15) is 63.3 Å². The quantitative estimate of drug-likeness (QED) is 0.0308. The van der Waals surface area contributed by atoms with E-state index in [0.29, 0.717) is 38.6 Å². The van der Waals surface area contributed by atoms with Crippen LogP contribution in [-0.2, 0) is 57.4 Å². The fourth-order valence-corrected chi connectivity index (χ4v) is 8.13. The lowest BCUT2D eigenvalue weighted by molar-refractivity contribution is -0.145. The van der Waals surface area contributed by atoms with Crippen LogP contribution in [0.15, 0.2) is 0 Å². The number of Topliss-reactive ketones (excluding diaryl/α,β-unsaturated/α-hetero) is 3. The normalized spacial score (nSPS) is 12.8. The molecule has 414 valence electrons. The number of carbonyl (C=O) groups excluding carboxylic acids is 6. The third-order valence-corrected chi connectivity index (χ3v) is 12.6. The summed E-state index contributed by atoms with van der Waals surface area (Å²) in [6, 6.07) is -1.40. The van der Waals surface area contributed by atoms with Gasteiger partial charge in [-0.25, -0.2) is 4.79 Å². The number of aliphatic hydroxyl groups is 1. The zero-order valence-electron chi connectivity index (χ0n) is 43.1. The second-order valence-electron chi connectivity index (χ2n) is 18.8.